The molecule has 0 bridgehead atoms. The molecule has 0 saturated carbocycles. The minimum absolute atomic E-state index is 0.131. The van der Waals surface area contributed by atoms with Crippen molar-refractivity contribution in [2.75, 3.05) is 6.54 Å². The van der Waals surface area contributed by atoms with Gasteiger partial charge >= 0.3 is 0 Å². The van der Waals surface area contributed by atoms with Gasteiger partial charge in [0.05, 0.1) is 6.20 Å². The van der Waals surface area contributed by atoms with Gasteiger partial charge in [0.2, 0.25) is 0 Å². The predicted octanol–water partition coefficient (Wildman–Crippen LogP) is 2.45. The van der Waals surface area contributed by atoms with Crippen molar-refractivity contribution in [3.8, 4) is 0 Å². The summed E-state index contributed by atoms with van der Waals surface area (Å²) in [6.45, 7) is 2.83. The highest BCUT2D eigenvalue weighted by atomic mass is 19.1. The maximum absolute atomic E-state index is 13.4. The van der Waals surface area contributed by atoms with Gasteiger partial charge in [-0.05, 0) is 31.5 Å². The summed E-state index contributed by atoms with van der Waals surface area (Å²) < 4.78 is 15.2. The first kappa shape index (κ1) is 12.8. The van der Waals surface area contributed by atoms with Crippen molar-refractivity contribution < 1.29 is 4.39 Å². The lowest BCUT2D eigenvalue weighted by Gasteiger charge is -2.12. The maximum Gasteiger partial charge on any atom is 0.126 e. The number of aromatic nitrogens is 2. The highest BCUT2D eigenvalue weighted by Gasteiger charge is 2.07. The third kappa shape index (κ3) is 3.17. The monoisotopic (exact) mass is 247 g/mol. The van der Waals surface area contributed by atoms with E-state index in [0.29, 0.717) is 6.42 Å². The number of aryl methyl sites for hydroxylation is 1. The summed E-state index contributed by atoms with van der Waals surface area (Å²) in [6, 6.07) is 7.13. The fraction of sp³-hybridized carbons (Fsp3) is 0.357. The molecule has 1 heterocycles. The average molecular weight is 247 g/mol. The molecule has 1 N–H and O–H groups in total. The summed E-state index contributed by atoms with van der Waals surface area (Å²) in [5.74, 6) is -0.131. The number of halogens is 1. The summed E-state index contributed by atoms with van der Waals surface area (Å²) in [5, 5.41) is 7.50. The van der Waals surface area contributed by atoms with Crippen molar-refractivity contribution in [1.82, 2.24) is 15.1 Å². The van der Waals surface area contributed by atoms with Crippen LogP contribution < -0.4 is 5.32 Å². The molecule has 1 unspecified atom stereocenters. The van der Waals surface area contributed by atoms with E-state index in [2.05, 4.69) is 17.3 Å². The maximum atomic E-state index is 13.4. The Kier molecular flexibility index (Phi) is 4.10. The highest BCUT2D eigenvalue weighted by molar-refractivity contribution is 5.17. The quantitative estimate of drug-likeness (QED) is 0.879. The van der Waals surface area contributed by atoms with Crippen LogP contribution in [0.2, 0.25) is 0 Å². The summed E-state index contributed by atoms with van der Waals surface area (Å²) >= 11 is 0. The zero-order valence-corrected chi connectivity index (χ0v) is 10.7. The van der Waals surface area contributed by atoms with Crippen LogP contribution in [-0.2, 0) is 13.5 Å². The van der Waals surface area contributed by atoms with Crippen molar-refractivity contribution in [2.24, 2.45) is 7.05 Å². The Morgan fingerprint density at radius 3 is 2.83 bits per heavy atom. The Hall–Kier alpha value is -1.68. The van der Waals surface area contributed by atoms with Crippen LogP contribution in [0.4, 0.5) is 4.39 Å². The molecule has 1 aromatic heterocycles. The van der Waals surface area contributed by atoms with E-state index in [-0.39, 0.29) is 11.9 Å². The fourth-order valence-corrected chi connectivity index (χ4v) is 1.91. The molecule has 0 saturated heterocycles. The van der Waals surface area contributed by atoms with Crippen LogP contribution in [0.3, 0.4) is 0 Å². The molecule has 18 heavy (non-hydrogen) atoms. The Labute approximate surface area is 107 Å². The van der Waals surface area contributed by atoms with Gasteiger partial charge in [-0.15, -0.1) is 0 Å². The van der Waals surface area contributed by atoms with Gasteiger partial charge in [0, 0.05) is 24.8 Å². The molecular weight excluding hydrogens is 229 g/mol. The van der Waals surface area contributed by atoms with E-state index in [4.69, 9.17) is 0 Å². The average Bonchev–Trinajstić information content (AvgIpc) is 2.78. The van der Waals surface area contributed by atoms with Gasteiger partial charge < -0.3 is 5.32 Å². The first-order valence-corrected chi connectivity index (χ1v) is 6.12. The van der Waals surface area contributed by atoms with E-state index >= 15 is 0 Å². The molecule has 1 atom stereocenters. The molecule has 0 radical (unpaired) electrons. The Bertz CT molecular complexity index is 507. The number of hydrogen-bond acceptors (Lipinski definition) is 2. The van der Waals surface area contributed by atoms with E-state index in [1.165, 1.54) is 6.07 Å². The van der Waals surface area contributed by atoms with Crippen LogP contribution in [0.5, 0.6) is 0 Å². The molecule has 0 fully saturated rings. The van der Waals surface area contributed by atoms with E-state index in [1.807, 2.05) is 31.6 Å². The highest BCUT2D eigenvalue weighted by Crippen LogP contribution is 2.11. The summed E-state index contributed by atoms with van der Waals surface area (Å²) in [5.41, 5.74) is 1.90. The third-order valence-corrected chi connectivity index (χ3v) is 3.03. The first-order chi connectivity index (χ1) is 8.66. The van der Waals surface area contributed by atoms with Crippen molar-refractivity contribution >= 4 is 0 Å². The Morgan fingerprint density at radius 2 is 2.17 bits per heavy atom. The standard InChI is InChI=1S/C14H18FN3/c1-11(13-9-17-18(2)10-13)16-8-7-12-5-3-4-6-14(12)15/h3-6,9-11,16H,7-8H2,1-2H3. The lowest BCUT2D eigenvalue weighted by Crippen LogP contribution is -2.21. The van der Waals surface area contributed by atoms with Gasteiger partial charge in [-0.3, -0.25) is 4.68 Å². The van der Waals surface area contributed by atoms with Crippen molar-refractivity contribution in [1.29, 1.82) is 0 Å². The third-order valence-electron chi connectivity index (χ3n) is 3.03. The smallest absolute Gasteiger partial charge is 0.126 e. The van der Waals surface area contributed by atoms with Crippen LogP contribution in [-0.4, -0.2) is 16.3 Å². The lowest BCUT2D eigenvalue weighted by atomic mass is 10.1. The number of hydrogen-bond donors (Lipinski definition) is 1. The minimum atomic E-state index is -0.131. The zero-order chi connectivity index (χ0) is 13.0. The predicted molar refractivity (Wildman–Crippen MR) is 69.7 cm³/mol. The van der Waals surface area contributed by atoms with E-state index in [1.54, 1.807) is 10.7 Å². The van der Waals surface area contributed by atoms with Gasteiger partial charge in [-0.1, -0.05) is 18.2 Å². The first-order valence-electron chi connectivity index (χ1n) is 6.12. The van der Waals surface area contributed by atoms with Gasteiger partial charge in [0.1, 0.15) is 5.82 Å². The summed E-state index contributed by atoms with van der Waals surface area (Å²) in [4.78, 5) is 0. The summed E-state index contributed by atoms with van der Waals surface area (Å²) in [6.07, 6.45) is 4.53. The number of nitrogens with zero attached hydrogens (tertiary/aromatic N) is 2. The molecule has 2 aromatic rings. The van der Waals surface area contributed by atoms with Gasteiger partial charge in [-0.2, -0.15) is 5.10 Å². The topological polar surface area (TPSA) is 29.9 Å². The second-order valence-electron chi connectivity index (χ2n) is 4.46. The number of benzene rings is 1. The SMILES string of the molecule is CC(NCCc1ccccc1F)c1cnn(C)c1. The number of nitrogens with one attached hydrogen (secondary N) is 1. The molecule has 3 nitrogen and oxygen atoms in total. The lowest BCUT2D eigenvalue weighted by molar-refractivity contribution is 0.559. The van der Waals surface area contributed by atoms with Gasteiger partial charge in [0.15, 0.2) is 0 Å². The molecule has 0 amide bonds. The largest absolute Gasteiger partial charge is 0.310 e. The molecular formula is C14H18FN3. The zero-order valence-electron chi connectivity index (χ0n) is 10.7. The van der Waals surface area contributed by atoms with Gasteiger partial charge in [0.25, 0.3) is 0 Å². The normalized spacial score (nSPS) is 12.6. The van der Waals surface area contributed by atoms with Crippen molar-refractivity contribution in [3.63, 3.8) is 0 Å². The van der Waals surface area contributed by atoms with Crippen molar-refractivity contribution in [2.45, 2.75) is 19.4 Å². The number of rotatable bonds is 5. The van der Waals surface area contributed by atoms with Crippen LogP contribution >= 0.6 is 0 Å². The van der Waals surface area contributed by atoms with E-state index in [0.717, 1.165) is 17.7 Å². The van der Waals surface area contributed by atoms with Crippen LogP contribution in [0.1, 0.15) is 24.1 Å². The Morgan fingerprint density at radius 1 is 1.39 bits per heavy atom. The molecule has 2 rings (SSSR count). The van der Waals surface area contributed by atoms with Crippen LogP contribution in [0.25, 0.3) is 0 Å². The molecule has 96 valence electrons. The molecule has 4 heteroatoms. The molecule has 0 aliphatic heterocycles. The fourth-order valence-electron chi connectivity index (χ4n) is 1.91. The second kappa shape index (κ2) is 5.78. The molecule has 0 aliphatic rings. The Balaban J connectivity index is 1.84. The molecule has 0 spiro atoms. The van der Waals surface area contributed by atoms with E-state index < -0.39 is 0 Å². The van der Waals surface area contributed by atoms with Gasteiger partial charge in [-0.25, -0.2) is 4.39 Å². The summed E-state index contributed by atoms with van der Waals surface area (Å²) in [7, 11) is 1.90. The minimum Gasteiger partial charge on any atom is -0.310 e. The van der Waals surface area contributed by atoms with Crippen LogP contribution in [0, 0.1) is 5.82 Å². The molecule has 0 aliphatic carbocycles. The van der Waals surface area contributed by atoms with Crippen molar-refractivity contribution in [3.05, 3.63) is 53.6 Å². The molecule has 1 aromatic carbocycles. The van der Waals surface area contributed by atoms with E-state index in [9.17, 15) is 4.39 Å². The second-order valence-corrected chi connectivity index (χ2v) is 4.46. The van der Waals surface area contributed by atoms with Crippen LogP contribution in [0.15, 0.2) is 36.7 Å².